The molecule has 0 spiro atoms. The van der Waals surface area contributed by atoms with Gasteiger partial charge in [0.25, 0.3) is 0 Å². The minimum Gasteiger partial charge on any atom is -0.380 e. The van der Waals surface area contributed by atoms with Crippen molar-refractivity contribution < 1.29 is 4.74 Å². The van der Waals surface area contributed by atoms with E-state index in [1.807, 2.05) is 0 Å². The van der Waals surface area contributed by atoms with Crippen LogP contribution in [0.3, 0.4) is 0 Å². The smallest absolute Gasteiger partial charge is 0.0624 e. The first-order chi connectivity index (χ1) is 9.25. The SMILES string of the molecule is CCCCOCC(NC)C12CC3CC(CC(C3)C1)C2. The first-order valence-corrected chi connectivity index (χ1v) is 8.50. The van der Waals surface area contributed by atoms with Gasteiger partial charge in [-0.3, -0.25) is 0 Å². The number of rotatable bonds is 7. The summed E-state index contributed by atoms with van der Waals surface area (Å²) < 4.78 is 5.95. The molecule has 1 N–H and O–H groups in total. The second kappa shape index (κ2) is 5.73. The molecule has 4 rings (SSSR count). The Morgan fingerprint density at radius 1 is 1.11 bits per heavy atom. The molecular formula is C17H31NO. The Kier molecular flexibility index (Phi) is 4.19. The quantitative estimate of drug-likeness (QED) is 0.710. The molecule has 4 saturated carbocycles. The number of nitrogens with one attached hydrogen (secondary N) is 1. The van der Waals surface area contributed by atoms with Gasteiger partial charge in [0.15, 0.2) is 0 Å². The normalized spacial score (nSPS) is 41.7. The Labute approximate surface area is 118 Å². The Hall–Kier alpha value is -0.0800. The average molecular weight is 265 g/mol. The average Bonchev–Trinajstić information content (AvgIpc) is 2.37. The second-order valence-electron chi connectivity index (χ2n) is 7.55. The molecule has 0 saturated heterocycles. The van der Waals surface area contributed by atoms with Crippen LogP contribution < -0.4 is 5.32 Å². The fourth-order valence-corrected chi connectivity index (χ4v) is 5.62. The molecule has 19 heavy (non-hydrogen) atoms. The molecule has 110 valence electrons. The molecule has 0 aliphatic heterocycles. The van der Waals surface area contributed by atoms with Gasteiger partial charge in [-0.15, -0.1) is 0 Å². The van der Waals surface area contributed by atoms with E-state index in [4.69, 9.17) is 4.74 Å². The van der Waals surface area contributed by atoms with Gasteiger partial charge in [0.2, 0.25) is 0 Å². The standard InChI is InChI=1S/C17H31NO/c1-3-4-5-19-12-16(18-2)17-9-13-6-14(10-17)8-15(7-13)11-17/h13-16,18H,3-12H2,1-2H3. The summed E-state index contributed by atoms with van der Waals surface area (Å²) in [6.07, 6.45) is 11.5. The third-order valence-electron chi connectivity index (χ3n) is 6.10. The summed E-state index contributed by atoms with van der Waals surface area (Å²) in [5.74, 6) is 3.12. The van der Waals surface area contributed by atoms with Crippen LogP contribution in [0.5, 0.6) is 0 Å². The minimum atomic E-state index is 0.579. The summed E-state index contributed by atoms with van der Waals surface area (Å²) in [5, 5.41) is 3.61. The lowest BCUT2D eigenvalue weighted by molar-refractivity contribution is -0.0873. The maximum Gasteiger partial charge on any atom is 0.0624 e. The van der Waals surface area contributed by atoms with Crippen LogP contribution in [0.4, 0.5) is 0 Å². The maximum absolute atomic E-state index is 5.95. The van der Waals surface area contributed by atoms with Crippen LogP contribution in [0.25, 0.3) is 0 Å². The molecule has 0 aromatic carbocycles. The number of unbranched alkanes of at least 4 members (excludes halogenated alkanes) is 1. The van der Waals surface area contributed by atoms with E-state index in [0.29, 0.717) is 11.5 Å². The van der Waals surface area contributed by atoms with Crippen molar-refractivity contribution in [2.24, 2.45) is 23.2 Å². The highest BCUT2D eigenvalue weighted by atomic mass is 16.5. The van der Waals surface area contributed by atoms with E-state index in [2.05, 4.69) is 19.3 Å². The van der Waals surface area contributed by atoms with Crippen molar-refractivity contribution >= 4 is 0 Å². The maximum atomic E-state index is 5.95. The third-order valence-corrected chi connectivity index (χ3v) is 6.10. The lowest BCUT2D eigenvalue weighted by atomic mass is 9.48. The van der Waals surface area contributed by atoms with Crippen molar-refractivity contribution in [2.45, 2.75) is 64.3 Å². The summed E-state index contributed by atoms with van der Waals surface area (Å²) in [5.41, 5.74) is 0.579. The third kappa shape index (κ3) is 2.71. The monoisotopic (exact) mass is 265 g/mol. The van der Waals surface area contributed by atoms with E-state index in [1.54, 1.807) is 0 Å². The van der Waals surface area contributed by atoms with Crippen LogP contribution in [-0.2, 0) is 4.74 Å². The Balaban J connectivity index is 1.62. The summed E-state index contributed by atoms with van der Waals surface area (Å²) in [6, 6.07) is 0.595. The number of hydrogen-bond donors (Lipinski definition) is 1. The van der Waals surface area contributed by atoms with Crippen molar-refractivity contribution in [3.8, 4) is 0 Å². The van der Waals surface area contributed by atoms with E-state index in [1.165, 1.54) is 51.4 Å². The zero-order chi connectivity index (χ0) is 13.3. The molecule has 1 unspecified atom stereocenters. The van der Waals surface area contributed by atoms with E-state index < -0.39 is 0 Å². The molecule has 4 aliphatic carbocycles. The van der Waals surface area contributed by atoms with Gasteiger partial charge in [0.05, 0.1) is 6.61 Å². The van der Waals surface area contributed by atoms with Gasteiger partial charge in [0, 0.05) is 12.6 Å². The molecule has 4 bridgehead atoms. The number of likely N-dealkylation sites (N-methyl/N-ethyl adjacent to an activating group) is 1. The van der Waals surface area contributed by atoms with Gasteiger partial charge in [-0.1, -0.05) is 13.3 Å². The number of ether oxygens (including phenoxy) is 1. The van der Waals surface area contributed by atoms with Crippen molar-refractivity contribution in [2.75, 3.05) is 20.3 Å². The second-order valence-corrected chi connectivity index (χ2v) is 7.55. The van der Waals surface area contributed by atoms with Crippen LogP contribution in [-0.4, -0.2) is 26.3 Å². The lowest BCUT2D eigenvalue weighted by Crippen LogP contribution is -2.56. The molecule has 0 aromatic rings. The largest absolute Gasteiger partial charge is 0.380 e. The van der Waals surface area contributed by atoms with E-state index in [0.717, 1.165) is 31.0 Å². The van der Waals surface area contributed by atoms with Crippen molar-refractivity contribution in [3.63, 3.8) is 0 Å². The molecule has 0 amide bonds. The Morgan fingerprint density at radius 3 is 2.16 bits per heavy atom. The van der Waals surface area contributed by atoms with Gasteiger partial charge in [0.1, 0.15) is 0 Å². The van der Waals surface area contributed by atoms with E-state index >= 15 is 0 Å². The summed E-state index contributed by atoms with van der Waals surface area (Å²) in [4.78, 5) is 0. The fraction of sp³-hybridized carbons (Fsp3) is 1.00. The number of hydrogen-bond acceptors (Lipinski definition) is 2. The van der Waals surface area contributed by atoms with Crippen LogP contribution >= 0.6 is 0 Å². The zero-order valence-corrected chi connectivity index (χ0v) is 12.8. The molecule has 0 radical (unpaired) electrons. The minimum absolute atomic E-state index is 0.579. The molecule has 4 fully saturated rings. The van der Waals surface area contributed by atoms with Crippen LogP contribution in [0.15, 0.2) is 0 Å². The van der Waals surface area contributed by atoms with Gasteiger partial charge in [-0.2, -0.15) is 0 Å². The predicted octanol–water partition coefficient (Wildman–Crippen LogP) is 3.61. The highest BCUT2D eigenvalue weighted by Gasteiger charge is 2.53. The van der Waals surface area contributed by atoms with E-state index in [-0.39, 0.29) is 0 Å². The molecule has 0 heterocycles. The Morgan fingerprint density at radius 2 is 1.68 bits per heavy atom. The highest BCUT2D eigenvalue weighted by Crippen LogP contribution is 2.61. The first-order valence-electron chi connectivity index (χ1n) is 8.50. The van der Waals surface area contributed by atoms with Gasteiger partial charge in [-0.25, -0.2) is 0 Å². The molecule has 0 aromatic heterocycles. The van der Waals surface area contributed by atoms with Crippen LogP contribution in [0.2, 0.25) is 0 Å². The van der Waals surface area contributed by atoms with Crippen molar-refractivity contribution in [1.29, 1.82) is 0 Å². The van der Waals surface area contributed by atoms with Crippen molar-refractivity contribution in [1.82, 2.24) is 5.32 Å². The van der Waals surface area contributed by atoms with Crippen LogP contribution in [0, 0.1) is 23.2 Å². The molecule has 4 aliphatic rings. The zero-order valence-electron chi connectivity index (χ0n) is 12.8. The highest BCUT2D eigenvalue weighted by molar-refractivity contribution is 5.05. The predicted molar refractivity (Wildman–Crippen MR) is 79.2 cm³/mol. The molecule has 2 nitrogen and oxygen atoms in total. The Bertz CT molecular complexity index is 266. The van der Waals surface area contributed by atoms with E-state index in [9.17, 15) is 0 Å². The molecular weight excluding hydrogens is 234 g/mol. The topological polar surface area (TPSA) is 21.3 Å². The summed E-state index contributed by atoms with van der Waals surface area (Å²) in [6.45, 7) is 4.11. The lowest BCUT2D eigenvalue weighted by Gasteiger charge is -2.59. The van der Waals surface area contributed by atoms with Crippen molar-refractivity contribution in [3.05, 3.63) is 0 Å². The molecule has 1 atom stereocenters. The van der Waals surface area contributed by atoms with Gasteiger partial charge in [-0.05, 0) is 75.2 Å². The molecule has 2 heteroatoms. The van der Waals surface area contributed by atoms with Gasteiger partial charge >= 0.3 is 0 Å². The van der Waals surface area contributed by atoms with Gasteiger partial charge < -0.3 is 10.1 Å². The fourth-order valence-electron chi connectivity index (χ4n) is 5.62. The summed E-state index contributed by atoms with van der Waals surface area (Å²) >= 11 is 0. The van der Waals surface area contributed by atoms with Crippen LogP contribution in [0.1, 0.15) is 58.3 Å². The first kappa shape index (κ1) is 13.9. The summed E-state index contributed by atoms with van der Waals surface area (Å²) in [7, 11) is 2.15.